The first-order chi connectivity index (χ1) is 8.18. The van der Waals surface area contributed by atoms with Gasteiger partial charge >= 0.3 is 5.97 Å². The fourth-order valence-electron chi connectivity index (χ4n) is 1.32. The minimum atomic E-state index is -0.872. The van der Waals surface area contributed by atoms with Gasteiger partial charge in [0.15, 0.2) is 11.0 Å². The number of carboxylic acid groups (broad SMARTS) is 1. The van der Waals surface area contributed by atoms with Crippen molar-refractivity contribution < 1.29 is 9.90 Å². The molecule has 0 bridgehead atoms. The molecule has 7 heteroatoms. The number of carboxylic acids is 1. The van der Waals surface area contributed by atoms with Gasteiger partial charge in [0.1, 0.15) is 0 Å². The summed E-state index contributed by atoms with van der Waals surface area (Å²) in [6, 6.07) is 3.66. The normalized spacial score (nSPS) is 10.4. The molecule has 2 aromatic heterocycles. The molecule has 17 heavy (non-hydrogen) atoms. The third kappa shape index (κ3) is 2.62. The average Bonchev–Trinajstić information content (AvgIpc) is 2.69. The zero-order valence-corrected chi connectivity index (χ0v) is 9.89. The Balaban J connectivity index is 2.24. The molecular weight excluding hydrogens is 240 g/mol. The number of carbonyl (C=O) groups is 1. The average molecular weight is 250 g/mol. The van der Waals surface area contributed by atoms with Gasteiger partial charge in [-0.25, -0.2) is 0 Å². The number of aliphatic carboxylic acids is 1. The molecule has 88 valence electrons. The zero-order chi connectivity index (χ0) is 12.3. The highest BCUT2D eigenvalue weighted by Gasteiger charge is 2.11. The Morgan fingerprint density at radius 1 is 1.41 bits per heavy atom. The molecular formula is C10H10N4O2S. The second kappa shape index (κ2) is 4.96. The minimum absolute atomic E-state index is 0.0255. The van der Waals surface area contributed by atoms with Crippen molar-refractivity contribution in [1.82, 2.24) is 19.7 Å². The molecule has 1 N–H and O–H groups in total. The molecule has 0 aliphatic carbocycles. The van der Waals surface area contributed by atoms with E-state index in [0.717, 1.165) is 17.3 Å². The smallest absolute Gasteiger partial charge is 0.313 e. The molecule has 2 rings (SSSR count). The molecule has 0 unspecified atom stereocenters. The van der Waals surface area contributed by atoms with Crippen molar-refractivity contribution in [2.24, 2.45) is 7.05 Å². The number of hydrogen-bond donors (Lipinski definition) is 1. The first-order valence-electron chi connectivity index (χ1n) is 4.83. The number of rotatable bonds is 4. The van der Waals surface area contributed by atoms with E-state index in [9.17, 15) is 4.79 Å². The molecule has 0 aliphatic rings. The fraction of sp³-hybridized carbons (Fsp3) is 0.200. The molecule has 0 radical (unpaired) electrons. The highest BCUT2D eigenvalue weighted by atomic mass is 32.2. The van der Waals surface area contributed by atoms with E-state index in [2.05, 4.69) is 15.2 Å². The Morgan fingerprint density at radius 3 is 2.76 bits per heavy atom. The van der Waals surface area contributed by atoms with Gasteiger partial charge in [0.25, 0.3) is 0 Å². The van der Waals surface area contributed by atoms with Gasteiger partial charge in [-0.2, -0.15) is 0 Å². The molecule has 0 saturated carbocycles. The van der Waals surface area contributed by atoms with Crippen molar-refractivity contribution in [2.75, 3.05) is 5.75 Å². The van der Waals surface area contributed by atoms with E-state index in [4.69, 9.17) is 5.11 Å². The van der Waals surface area contributed by atoms with Crippen LogP contribution >= 0.6 is 11.8 Å². The van der Waals surface area contributed by atoms with Gasteiger partial charge in [-0.1, -0.05) is 11.8 Å². The molecule has 0 atom stereocenters. The molecule has 0 fully saturated rings. The van der Waals surface area contributed by atoms with Crippen molar-refractivity contribution in [3.63, 3.8) is 0 Å². The summed E-state index contributed by atoms with van der Waals surface area (Å²) in [5.41, 5.74) is 0.900. The van der Waals surface area contributed by atoms with Crippen molar-refractivity contribution in [1.29, 1.82) is 0 Å². The quantitative estimate of drug-likeness (QED) is 0.817. The number of hydrogen-bond acceptors (Lipinski definition) is 5. The summed E-state index contributed by atoms with van der Waals surface area (Å²) in [6.07, 6.45) is 3.35. The molecule has 0 aliphatic heterocycles. The van der Waals surface area contributed by atoms with Crippen LogP contribution in [-0.4, -0.2) is 36.6 Å². The first kappa shape index (κ1) is 11.6. The molecule has 0 saturated heterocycles. The SMILES string of the molecule is Cn1c(SCC(=O)O)nnc1-c1ccncc1. The van der Waals surface area contributed by atoms with Gasteiger partial charge in [-0.05, 0) is 12.1 Å². The maximum Gasteiger partial charge on any atom is 0.313 e. The van der Waals surface area contributed by atoms with Crippen LogP contribution in [0.2, 0.25) is 0 Å². The zero-order valence-electron chi connectivity index (χ0n) is 9.07. The lowest BCUT2D eigenvalue weighted by Gasteiger charge is -2.02. The Morgan fingerprint density at radius 2 is 2.12 bits per heavy atom. The lowest BCUT2D eigenvalue weighted by molar-refractivity contribution is -0.133. The highest BCUT2D eigenvalue weighted by Crippen LogP contribution is 2.21. The van der Waals surface area contributed by atoms with E-state index in [1.807, 2.05) is 12.1 Å². The third-order valence-corrected chi connectivity index (χ3v) is 3.10. The van der Waals surface area contributed by atoms with E-state index < -0.39 is 5.97 Å². The van der Waals surface area contributed by atoms with Gasteiger partial charge in [0.2, 0.25) is 0 Å². The van der Waals surface area contributed by atoms with Crippen LogP contribution in [0, 0.1) is 0 Å². The number of nitrogens with zero attached hydrogens (tertiary/aromatic N) is 4. The van der Waals surface area contributed by atoms with Crippen LogP contribution in [0.5, 0.6) is 0 Å². The van der Waals surface area contributed by atoms with E-state index in [1.54, 1.807) is 24.0 Å². The van der Waals surface area contributed by atoms with Gasteiger partial charge in [0, 0.05) is 25.0 Å². The second-order valence-corrected chi connectivity index (χ2v) is 4.23. The highest BCUT2D eigenvalue weighted by molar-refractivity contribution is 7.99. The van der Waals surface area contributed by atoms with E-state index >= 15 is 0 Å². The monoisotopic (exact) mass is 250 g/mol. The summed E-state index contributed by atoms with van der Waals surface area (Å²) >= 11 is 1.14. The summed E-state index contributed by atoms with van der Waals surface area (Å²) in [5, 5.41) is 17.2. The molecule has 0 aromatic carbocycles. The van der Waals surface area contributed by atoms with Crippen molar-refractivity contribution in [3.8, 4) is 11.4 Å². The fourth-order valence-corrected chi connectivity index (χ4v) is 1.95. The van der Waals surface area contributed by atoms with Crippen molar-refractivity contribution in [2.45, 2.75) is 5.16 Å². The van der Waals surface area contributed by atoms with E-state index in [0.29, 0.717) is 11.0 Å². The van der Waals surface area contributed by atoms with Crippen LogP contribution in [0.15, 0.2) is 29.7 Å². The summed E-state index contributed by atoms with van der Waals surface area (Å²) in [4.78, 5) is 14.4. The van der Waals surface area contributed by atoms with Crippen molar-refractivity contribution >= 4 is 17.7 Å². The number of pyridine rings is 1. The molecule has 6 nitrogen and oxygen atoms in total. The van der Waals surface area contributed by atoms with Gasteiger partial charge < -0.3 is 9.67 Å². The lowest BCUT2D eigenvalue weighted by atomic mass is 10.2. The predicted octanol–water partition coefficient (Wildman–Crippen LogP) is 1.05. The van der Waals surface area contributed by atoms with Gasteiger partial charge in [-0.3, -0.25) is 9.78 Å². The third-order valence-electron chi connectivity index (χ3n) is 2.10. The topological polar surface area (TPSA) is 80.9 Å². The Hall–Kier alpha value is -1.89. The first-order valence-corrected chi connectivity index (χ1v) is 5.81. The van der Waals surface area contributed by atoms with Crippen LogP contribution < -0.4 is 0 Å². The maximum absolute atomic E-state index is 10.5. The van der Waals surface area contributed by atoms with Crippen molar-refractivity contribution in [3.05, 3.63) is 24.5 Å². The van der Waals surface area contributed by atoms with Gasteiger partial charge in [0.05, 0.1) is 5.75 Å². The Kier molecular flexibility index (Phi) is 3.38. The van der Waals surface area contributed by atoms with Crippen LogP contribution in [-0.2, 0) is 11.8 Å². The molecule has 2 heterocycles. The van der Waals surface area contributed by atoms with Gasteiger partial charge in [-0.15, -0.1) is 10.2 Å². The minimum Gasteiger partial charge on any atom is -0.481 e. The number of aromatic nitrogens is 4. The molecule has 0 amide bonds. The summed E-state index contributed by atoms with van der Waals surface area (Å²) in [5.74, 6) is -0.203. The summed E-state index contributed by atoms with van der Waals surface area (Å²) in [7, 11) is 1.81. The van der Waals surface area contributed by atoms with E-state index in [1.165, 1.54) is 0 Å². The second-order valence-electron chi connectivity index (χ2n) is 3.28. The largest absolute Gasteiger partial charge is 0.481 e. The van der Waals surface area contributed by atoms with Crippen LogP contribution in [0.25, 0.3) is 11.4 Å². The maximum atomic E-state index is 10.5. The van der Waals surface area contributed by atoms with Crippen LogP contribution in [0.4, 0.5) is 0 Å². The Bertz CT molecular complexity index is 526. The van der Waals surface area contributed by atoms with Crippen LogP contribution in [0.3, 0.4) is 0 Å². The number of thioether (sulfide) groups is 1. The summed E-state index contributed by atoms with van der Waals surface area (Å²) < 4.78 is 1.77. The van der Waals surface area contributed by atoms with E-state index in [-0.39, 0.29) is 5.75 Å². The lowest BCUT2D eigenvalue weighted by Crippen LogP contribution is -2.00. The molecule has 0 spiro atoms. The Labute approximate surface area is 102 Å². The van der Waals surface area contributed by atoms with Crippen LogP contribution in [0.1, 0.15) is 0 Å². The standard InChI is InChI=1S/C10H10N4O2S/c1-14-9(7-2-4-11-5-3-7)12-13-10(14)17-6-8(15)16/h2-5H,6H2,1H3,(H,15,16). The summed E-state index contributed by atoms with van der Waals surface area (Å²) in [6.45, 7) is 0. The molecule has 2 aromatic rings. The predicted molar refractivity (Wildman–Crippen MR) is 62.6 cm³/mol.